The summed E-state index contributed by atoms with van der Waals surface area (Å²) in [5.41, 5.74) is -0.149. The lowest BCUT2D eigenvalue weighted by atomic mass is 9.76. The van der Waals surface area contributed by atoms with Gasteiger partial charge in [-0.15, -0.1) is 0 Å². The number of urea groups is 2. The third-order valence-corrected chi connectivity index (χ3v) is 7.04. The first-order valence-electron chi connectivity index (χ1n) is 12.0. The largest absolute Gasteiger partial charge is 0.337 e. The zero-order valence-corrected chi connectivity index (χ0v) is 21.6. The van der Waals surface area contributed by atoms with Gasteiger partial charge in [0.15, 0.2) is 0 Å². The van der Waals surface area contributed by atoms with Crippen LogP contribution in [-0.4, -0.2) is 58.8 Å². The van der Waals surface area contributed by atoms with Crippen molar-refractivity contribution in [2.45, 2.75) is 67.5 Å². The van der Waals surface area contributed by atoms with Gasteiger partial charge in [0, 0.05) is 35.0 Å². The molecule has 2 heterocycles. The third kappa shape index (κ3) is 4.55. The van der Waals surface area contributed by atoms with Gasteiger partial charge < -0.3 is 10.6 Å². The summed E-state index contributed by atoms with van der Waals surface area (Å²) in [5, 5.41) is 5.64. The lowest BCUT2D eigenvalue weighted by Gasteiger charge is -2.47. The summed E-state index contributed by atoms with van der Waals surface area (Å²) in [5.74, 6) is -0.799. The molecule has 34 heavy (non-hydrogen) atoms. The zero-order valence-electron chi connectivity index (χ0n) is 21.6. The number of rotatable bonds is 4. The number of benzene rings is 1. The summed E-state index contributed by atoms with van der Waals surface area (Å²) in [6, 6.07) is 4.85. The molecule has 2 fully saturated rings. The van der Waals surface area contributed by atoms with Crippen LogP contribution in [0.25, 0.3) is 0 Å². The molecule has 0 saturated carbocycles. The van der Waals surface area contributed by atoms with Crippen molar-refractivity contribution in [3.63, 3.8) is 0 Å². The van der Waals surface area contributed by atoms with E-state index >= 15 is 0 Å². The molecule has 0 spiro atoms. The minimum absolute atomic E-state index is 0.0564. The molecular weight excluding hydrogens is 432 g/mol. The van der Waals surface area contributed by atoms with Crippen molar-refractivity contribution in [3.8, 4) is 0 Å². The lowest BCUT2D eigenvalue weighted by molar-refractivity contribution is 0.0361. The number of imide groups is 2. The molecule has 0 aliphatic carbocycles. The number of amides is 6. The van der Waals surface area contributed by atoms with E-state index in [4.69, 9.17) is 0 Å². The fourth-order valence-electron chi connectivity index (χ4n) is 5.84. The fourth-order valence-corrected chi connectivity index (χ4v) is 5.84. The average Bonchev–Trinajstić information content (AvgIpc) is 2.75. The van der Waals surface area contributed by atoms with Crippen LogP contribution >= 0.6 is 0 Å². The Bertz CT molecular complexity index is 923. The molecule has 2 aliphatic rings. The Balaban J connectivity index is 1.98. The quantitative estimate of drug-likeness (QED) is 0.691. The van der Waals surface area contributed by atoms with Gasteiger partial charge in [-0.3, -0.25) is 19.4 Å². The van der Waals surface area contributed by atoms with Crippen molar-refractivity contribution in [2.24, 2.45) is 22.7 Å². The molecule has 8 heteroatoms. The summed E-state index contributed by atoms with van der Waals surface area (Å²) in [6.45, 7) is 17.0. The highest BCUT2D eigenvalue weighted by Gasteiger charge is 2.47. The van der Waals surface area contributed by atoms with E-state index in [1.54, 1.807) is 18.2 Å². The Hall–Kier alpha value is -2.90. The van der Waals surface area contributed by atoms with Crippen molar-refractivity contribution in [2.75, 3.05) is 13.1 Å². The van der Waals surface area contributed by atoms with Crippen LogP contribution < -0.4 is 10.6 Å². The van der Waals surface area contributed by atoms with Crippen LogP contribution in [-0.2, 0) is 0 Å². The fraction of sp³-hybridized carbons (Fsp3) is 0.615. The van der Waals surface area contributed by atoms with E-state index < -0.39 is 23.9 Å². The van der Waals surface area contributed by atoms with Crippen LogP contribution in [0.2, 0.25) is 0 Å². The van der Waals surface area contributed by atoms with Gasteiger partial charge >= 0.3 is 12.1 Å². The molecule has 3 rings (SSSR count). The maximum Gasteiger partial charge on any atom is 0.324 e. The maximum absolute atomic E-state index is 13.6. The van der Waals surface area contributed by atoms with Crippen LogP contribution in [0.4, 0.5) is 9.59 Å². The van der Waals surface area contributed by atoms with Crippen molar-refractivity contribution in [1.82, 2.24) is 20.4 Å². The molecule has 8 nitrogen and oxygen atoms in total. The Kier molecular flexibility index (Phi) is 6.84. The van der Waals surface area contributed by atoms with E-state index in [0.29, 0.717) is 13.1 Å². The van der Waals surface area contributed by atoms with Crippen molar-refractivity contribution >= 4 is 23.9 Å². The van der Waals surface area contributed by atoms with Gasteiger partial charge in [0.1, 0.15) is 0 Å². The second kappa shape index (κ2) is 9.04. The van der Waals surface area contributed by atoms with E-state index in [-0.39, 0.29) is 45.9 Å². The molecule has 186 valence electrons. The number of hydrogen-bond donors (Lipinski definition) is 2. The first-order chi connectivity index (χ1) is 15.7. The molecule has 0 radical (unpaired) electrons. The zero-order chi connectivity index (χ0) is 25.6. The summed E-state index contributed by atoms with van der Waals surface area (Å²) in [6.07, 6.45) is 0. The van der Waals surface area contributed by atoms with Crippen molar-refractivity contribution in [1.29, 1.82) is 0 Å². The van der Waals surface area contributed by atoms with Gasteiger partial charge in [0.05, 0.1) is 12.1 Å². The monoisotopic (exact) mass is 470 g/mol. The van der Waals surface area contributed by atoms with E-state index in [0.717, 1.165) is 0 Å². The molecule has 0 aromatic heterocycles. The summed E-state index contributed by atoms with van der Waals surface area (Å²) < 4.78 is 0. The molecule has 2 aliphatic heterocycles. The van der Waals surface area contributed by atoms with Crippen LogP contribution in [0.3, 0.4) is 0 Å². The Morgan fingerprint density at radius 1 is 0.794 bits per heavy atom. The lowest BCUT2D eigenvalue weighted by Crippen LogP contribution is -2.64. The van der Waals surface area contributed by atoms with Gasteiger partial charge in [-0.05, 0) is 30.0 Å². The highest BCUT2D eigenvalue weighted by atomic mass is 16.2. The highest BCUT2D eigenvalue weighted by molar-refractivity contribution is 6.09. The molecule has 2 unspecified atom stereocenters. The van der Waals surface area contributed by atoms with Crippen LogP contribution in [0, 0.1) is 22.7 Å². The average molecular weight is 471 g/mol. The number of hydrogen-bond acceptors (Lipinski definition) is 4. The van der Waals surface area contributed by atoms with Crippen LogP contribution in [0.1, 0.15) is 76.1 Å². The Morgan fingerprint density at radius 3 is 1.47 bits per heavy atom. The van der Waals surface area contributed by atoms with Gasteiger partial charge in [-0.2, -0.15) is 0 Å². The van der Waals surface area contributed by atoms with Gasteiger partial charge in [-0.1, -0.05) is 61.5 Å². The molecule has 2 N–H and O–H groups in total. The predicted molar refractivity (Wildman–Crippen MR) is 130 cm³/mol. The summed E-state index contributed by atoms with van der Waals surface area (Å²) >= 11 is 0. The Labute approximate surface area is 202 Å². The molecule has 1 aromatic rings. The second-order valence-electron chi connectivity index (χ2n) is 11.6. The second-order valence-corrected chi connectivity index (χ2v) is 11.6. The standard InChI is InChI=1S/C26H38N4O4/c1-15(2)19-25(5,6)13-27-23(33)29(19)21(31)17-10-9-11-18(12-17)22(32)30-20(16(3)4)26(7,8)14-28-24(30)34/h9-12,15-16,19-20H,13-14H2,1-8H3,(H,27,33)(H,28,34). The highest BCUT2D eigenvalue weighted by Crippen LogP contribution is 2.36. The molecule has 2 saturated heterocycles. The molecule has 2 atom stereocenters. The Morgan fingerprint density at radius 2 is 1.15 bits per heavy atom. The first-order valence-corrected chi connectivity index (χ1v) is 12.0. The topological polar surface area (TPSA) is 98.8 Å². The van der Waals surface area contributed by atoms with Crippen LogP contribution in [0.15, 0.2) is 24.3 Å². The molecule has 0 bridgehead atoms. The van der Waals surface area contributed by atoms with E-state index in [2.05, 4.69) is 10.6 Å². The smallest absolute Gasteiger partial charge is 0.324 e. The van der Waals surface area contributed by atoms with E-state index in [1.165, 1.54) is 15.9 Å². The predicted octanol–water partition coefficient (Wildman–Crippen LogP) is 4.12. The number of nitrogens with one attached hydrogen (secondary N) is 2. The van der Waals surface area contributed by atoms with Gasteiger partial charge in [0.2, 0.25) is 0 Å². The van der Waals surface area contributed by atoms with Crippen molar-refractivity contribution in [3.05, 3.63) is 35.4 Å². The van der Waals surface area contributed by atoms with Crippen molar-refractivity contribution < 1.29 is 19.2 Å². The summed E-state index contributed by atoms with van der Waals surface area (Å²) in [7, 11) is 0. The molecular formula is C26H38N4O4. The number of nitrogens with zero attached hydrogens (tertiary/aromatic N) is 2. The number of carbonyl (C=O) groups excluding carboxylic acids is 4. The summed E-state index contributed by atoms with van der Waals surface area (Å²) in [4.78, 5) is 55.2. The minimum atomic E-state index is -0.456. The molecule has 1 aromatic carbocycles. The SMILES string of the molecule is CC(C)C1N(C(=O)c2cccc(C(=O)N3C(=O)NCC(C)(C)C3C(C)C)c2)C(=O)NCC1(C)C. The normalized spacial score (nSPS) is 24.2. The van der Waals surface area contributed by atoms with Gasteiger partial charge in [0.25, 0.3) is 11.8 Å². The first kappa shape index (κ1) is 25.7. The minimum Gasteiger partial charge on any atom is -0.337 e. The van der Waals surface area contributed by atoms with Gasteiger partial charge in [-0.25, -0.2) is 9.59 Å². The maximum atomic E-state index is 13.6. The number of carbonyl (C=O) groups is 4. The van der Waals surface area contributed by atoms with E-state index in [9.17, 15) is 19.2 Å². The van der Waals surface area contributed by atoms with E-state index in [1.807, 2.05) is 55.4 Å². The third-order valence-electron chi connectivity index (χ3n) is 7.04. The molecule has 6 amide bonds. The van der Waals surface area contributed by atoms with Crippen LogP contribution in [0.5, 0.6) is 0 Å².